The first-order valence-electron chi connectivity index (χ1n) is 6.83. The van der Waals surface area contributed by atoms with Crippen LogP contribution in [0.3, 0.4) is 0 Å². The fourth-order valence-electron chi connectivity index (χ4n) is 2.51. The minimum absolute atomic E-state index is 0.398. The number of aryl methyl sites for hydroxylation is 2. The van der Waals surface area contributed by atoms with Gasteiger partial charge in [0.2, 0.25) is 10.0 Å². The van der Waals surface area contributed by atoms with Crippen molar-refractivity contribution in [2.75, 3.05) is 40.3 Å². The van der Waals surface area contributed by atoms with Gasteiger partial charge in [-0.3, -0.25) is 0 Å². The van der Waals surface area contributed by atoms with Crippen LogP contribution in [0.4, 0.5) is 0 Å². The molecule has 0 saturated carbocycles. The van der Waals surface area contributed by atoms with Gasteiger partial charge in [-0.1, -0.05) is 0 Å². The minimum Gasteiger partial charge on any atom is -0.496 e. The highest BCUT2D eigenvalue weighted by Gasteiger charge is 2.30. The Morgan fingerprint density at radius 2 is 1.75 bits per heavy atom. The molecule has 1 saturated heterocycles. The molecule has 2 rings (SSSR count). The van der Waals surface area contributed by atoms with E-state index in [9.17, 15) is 8.42 Å². The van der Waals surface area contributed by atoms with Crippen LogP contribution in [0.5, 0.6) is 5.75 Å². The number of likely N-dealkylation sites (N-methyl/N-ethyl adjacent to an activating group) is 1. The van der Waals surface area contributed by atoms with Gasteiger partial charge in [0.05, 0.1) is 45.2 Å². The average molecular weight is 299 g/mol. The molecule has 1 aromatic carbocycles. The maximum absolute atomic E-state index is 12.7. The summed E-state index contributed by atoms with van der Waals surface area (Å²) in [6.45, 7) is 6.56. The molecular weight excluding hydrogens is 276 g/mol. The van der Waals surface area contributed by atoms with Crippen LogP contribution in [-0.4, -0.2) is 53.1 Å². The van der Waals surface area contributed by atoms with E-state index in [0.29, 0.717) is 18.0 Å². The van der Waals surface area contributed by atoms with Gasteiger partial charge in [0.15, 0.2) is 0 Å². The fraction of sp³-hybridized carbons (Fsp3) is 0.571. The van der Waals surface area contributed by atoms with Crippen LogP contribution in [0.25, 0.3) is 0 Å². The number of nitrogens with one attached hydrogen (secondary N) is 1. The molecule has 0 unspecified atom stereocenters. The molecule has 0 aliphatic carbocycles. The second-order valence-electron chi connectivity index (χ2n) is 5.45. The summed E-state index contributed by atoms with van der Waals surface area (Å²) in [5.41, 5.74) is 1.58. The van der Waals surface area contributed by atoms with Crippen molar-refractivity contribution >= 4 is 10.0 Å². The Kier molecular flexibility index (Phi) is 4.36. The lowest BCUT2D eigenvalue weighted by atomic mass is 10.1. The first kappa shape index (κ1) is 15.3. The highest BCUT2D eigenvalue weighted by molar-refractivity contribution is 7.89. The quantitative estimate of drug-likeness (QED) is 0.843. The molecular formula is C14H23N2O3S+. The molecule has 20 heavy (non-hydrogen) atoms. The molecule has 0 bridgehead atoms. The molecule has 1 aromatic rings. The molecule has 0 spiro atoms. The number of quaternary nitrogens is 1. The lowest BCUT2D eigenvalue weighted by molar-refractivity contribution is -0.883. The molecule has 112 valence electrons. The van der Waals surface area contributed by atoms with E-state index in [0.717, 1.165) is 30.0 Å². The molecule has 1 heterocycles. The zero-order chi connectivity index (χ0) is 14.9. The summed E-state index contributed by atoms with van der Waals surface area (Å²) in [5.74, 6) is 0.726. The van der Waals surface area contributed by atoms with E-state index in [2.05, 4.69) is 7.05 Å². The molecule has 5 nitrogen and oxygen atoms in total. The van der Waals surface area contributed by atoms with Crippen molar-refractivity contribution in [3.05, 3.63) is 23.3 Å². The van der Waals surface area contributed by atoms with Crippen molar-refractivity contribution in [3.8, 4) is 5.75 Å². The van der Waals surface area contributed by atoms with Gasteiger partial charge < -0.3 is 9.64 Å². The van der Waals surface area contributed by atoms with E-state index in [1.54, 1.807) is 23.5 Å². The first-order chi connectivity index (χ1) is 9.36. The van der Waals surface area contributed by atoms with Gasteiger partial charge in [-0.15, -0.1) is 0 Å². The molecule has 1 fully saturated rings. The second kappa shape index (κ2) is 5.71. The third kappa shape index (κ3) is 2.82. The van der Waals surface area contributed by atoms with Crippen LogP contribution >= 0.6 is 0 Å². The predicted molar refractivity (Wildman–Crippen MR) is 77.8 cm³/mol. The Balaban J connectivity index is 2.37. The van der Waals surface area contributed by atoms with Crippen molar-refractivity contribution in [2.45, 2.75) is 18.7 Å². The summed E-state index contributed by atoms with van der Waals surface area (Å²) in [5, 5.41) is 0. The smallest absolute Gasteiger partial charge is 0.243 e. The zero-order valence-corrected chi connectivity index (χ0v) is 13.4. The highest BCUT2D eigenvalue weighted by atomic mass is 32.2. The molecule has 1 aliphatic heterocycles. The van der Waals surface area contributed by atoms with Crippen LogP contribution in [0, 0.1) is 13.8 Å². The second-order valence-corrected chi connectivity index (χ2v) is 7.35. The predicted octanol–water partition coefficient (Wildman–Crippen LogP) is -0.169. The molecule has 0 amide bonds. The van der Waals surface area contributed by atoms with Crippen LogP contribution in [-0.2, 0) is 10.0 Å². The van der Waals surface area contributed by atoms with Crippen molar-refractivity contribution in [1.82, 2.24) is 4.31 Å². The highest BCUT2D eigenvalue weighted by Crippen LogP contribution is 2.27. The van der Waals surface area contributed by atoms with Gasteiger partial charge in [0.1, 0.15) is 5.75 Å². The van der Waals surface area contributed by atoms with Crippen molar-refractivity contribution in [2.24, 2.45) is 0 Å². The summed E-state index contributed by atoms with van der Waals surface area (Å²) in [7, 11) is 0.287. The standard InChI is InChI=1S/C14H22N2O3S/c1-11-10-14(12(2)9-13(11)19-4)20(17,18)16-7-5-15(3)6-8-16/h9-10H,5-8H2,1-4H3/p+1. The SMILES string of the molecule is COc1cc(C)c(S(=O)(=O)N2CC[NH+](C)CC2)cc1C. The van der Waals surface area contributed by atoms with Crippen molar-refractivity contribution < 1.29 is 18.1 Å². The Morgan fingerprint density at radius 3 is 2.30 bits per heavy atom. The molecule has 1 aliphatic rings. The third-order valence-corrected chi connectivity index (χ3v) is 5.93. The van der Waals surface area contributed by atoms with Crippen molar-refractivity contribution in [1.29, 1.82) is 0 Å². The van der Waals surface area contributed by atoms with Gasteiger partial charge in [0, 0.05) is 0 Å². The Labute approximate surface area is 121 Å². The number of sulfonamides is 1. The number of methoxy groups -OCH3 is 1. The molecule has 6 heteroatoms. The van der Waals surface area contributed by atoms with Crippen molar-refractivity contribution in [3.63, 3.8) is 0 Å². The normalized spacial score (nSPS) is 18.2. The topological polar surface area (TPSA) is 51.1 Å². The lowest BCUT2D eigenvalue weighted by Gasteiger charge is -2.29. The minimum atomic E-state index is -3.40. The Hall–Kier alpha value is -1.11. The summed E-state index contributed by atoms with van der Waals surface area (Å²) in [6.07, 6.45) is 0. The zero-order valence-electron chi connectivity index (χ0n) is 12.6. The lowest BCUT2D eigenvalue weighted by Crippen LogP contribution is -3.12. The van der Waals surface area contributed by atoms with E-state index in [-0.39, 0.29) is 0 Å². The molecule has 1 N–H and O–H groups in total. The Bertz CT molecular complexity index is 591. The number of hydrogen-bond donors (Lipinski definition) is 1. The van der Waals surface area contributed by atoms with E-state index in [1.807, 2.05) is 13.8 Å². The van der Waals surface area contributed by atoms with Crippen LogP contribution < -0.4 is 9.64 Å². The van der Waals surface area contributed by atoms with Crippen LogP contribution in [0.2, 0.25) is 0 Å². The maximum atomic E-state index is 12.7. The number of piperazine rings is 1. The van der Waals surface area contributed by atoms with Gasteiger partial charge >= 0.3 is 0 Å². The van der Waals surface area contributed by atoms with Gasteiger partial charge in [-0.25, -0.2) is 8.42 Å². The summed E-state index contributed by atoms with van der Waals surface area (Å²) < 4.78 is 32.3. The van der Waals surface area contributed by atoms with Crippen LogP contribution in [0.1, 0.15) is 11.1 Å². The van der Waals surface area contributed by atoms with Gasteiger partial charge in [-0.2, -0.15) is 4.31 Å². The van der Waals surface area contributed by atoms with E-state index < -0.39 is 10.0 Å². The number of benzene rings is 1. The van der Waals surface area contributed by atoms with E-state index >= 15 is 0 Å². The molecule has 0 aromatic heterocycles. The first-order valence-corrected chi connectivity index (χ1v) is 8.27. The largest absolute Gasteiger partial charge is 0.496 e. The Morgan fingerprint density at radius 1 is 1.15 bits per heavy atom. The number of nitrogens with zero attached hydrogens (tertiary/aromatic N) is 1. The van der Waals surface area contributed by atoms with Gasteiger partial charge in [0.25, 0.3) is 0 Å². The average Bonchev–Trinajstić information content (AvgIpc) is 2.41. The summed E-state index contributed by atoms with van der Waals surface area (Å²) in [6, 6.07) is 3.51. The van der Waals surface area contributed by atoms with Gasteiger partial charge in [-0.05, 0) is 37.1 Å². The van der Waals surface area contributed by atoms with Crippen LogP contribution in [0.15, 0.2) is 17.0 Å². The van der Waals surface area contributed by atoms with E-state index in [4.69, 9.17) is 4.74 Å². The maximum Gasteiger partial charge on any atom is 0.243 e. The summed E-state index contributed by atoms with van der Waals surface area (Å²) >= 11 is 0. The summed E-state index contributed by atoms with van der Waals surface area (Å²) in [4.78, 5) is 1.77. The molecule has 0 radical (unpaired) electrons. The number of rotatable bonds is 3. The number of hydrogen-bond acceptors (Lipinski definition) is 3. The molecule has 0 atom stereocenters. The number of ether oxygens (including phenoxy) is 1. The monoisotopic (exact) mass is 299 g/mol. The fourth-order valence-corrected chi connectivity index (χ4v) is 4.24. The van der Waals surface area contributed by atoms with E-state index in [1.165, 1.54) is 4.90 Å². The third-order valence-electron chi connectivity index (χ3n) is 3.89.